The number of esters is 2. The maximum Gasteiger partial charge on any atom is 0.313 e. The number of ether oxygens (including phenoxy) is 2. The number of allylic oxidation sites excluding steroid dienone is 1. The number of hydrogen-bond donors (Lipinski definition) is 0. The molecule has 0 saturated heterocycles. The van der Waals surface area contributed by atoms with Crippen LogP contribution >= 0.6 is 0 Å². The van der Waals surface area contributed by atoms with E-state index < -0.39 is 5.92 Å². The van der Waals surface area contributed by atoms with Gasteiger partial charge in [-0.2, -0.15) is 0 Å². The van der Waals surface area contributed by atoms with E-state index in [9.17, 15) is 9.59 Å². The van der Waals surface area contributed by atoms with Crippen molar-refractivity contribution in [3.8, 4) is 0 Å². The maximum atomic E-state index is 12.7. The molecule has 0 bridgehead atoms. The van der Waals surface area contributed by atoms with E-state index in [-0.39, 0.29) is 18.4 Å². The summed E-state index contributed by atoms with van der Waals surface area (Å²) in [5.74, 6) is 0.300. The molecule has 0 spiro atoms. The third-order valence-electron chi connectivity index (χ3n) is 6.64. The summed E-state index contributed by atoms with van der Waals surface area (Å²) in [6, 6.07) is 0. The standard InChI is InChI=1S/C32H60O4/c1-6-7-8-9-10-11-12-13-14-19-24-30(32(34)36-26-21-16-18-23-29(4)5)27-31(33)35-25-20-15-17-22-28(2)3/h19,24,28-30H,6-18,20-23,25-27H2,1-5H3. The van der Waals surface area contributed by atoms with Crippen LogP contribution in [0.25, 0.3) is 0 Å². The number of hydrogen-bond acceptors (Lipinski definition) is 4. The average Bonchev–Trinajstić information content (AvgIpc) is 2.83. The molecule has 0 saturated carbocycles. The Bertz CT molecular complexity index is 538. The van der Waals surface area contributed by atoms with Crippen LogP contribution in [0.15, 0.2) is 12.2 Å². The molecule has 0 aromatic carbocycles. The number of unbranched alkanes of at least 4 members (excludes halogenated alkanes) is 12. The van der Waals surface area contributed by atoms with E-state index in [1.807, 2.05) is 6.08 Å². The summed E-state index contributed by atoms with van der Waals surface area (Å²) in [5, 5.41) is 0. The monoisotopic (exact) mass is 508 g/mol. The topological polar surface area (TPSA) is 52.6 Å². The van der Waals surface area contributed by atoms with E-state index in [2.05, 4.69) is 40.7 Å². The van der Waals surface area contributed by atoms with Gasteiger partial charge in [0.25, 0.3) is 0 Å². The Morgan fingerprint density at radius 1 is 0.639 bits per heavy atom. The minimum Gasteiger partial charge on any atom is -0.466 e. The highest BCUT2D eigenvalue weighted by atomic mass is 16.5. The zero-order valence-corrected chi connectivity index (χ0v) is 24.7. The quantitative estimate of drug-likeness (QED) is 0.0699. The molecule has 4 heteroatoms. The Labute approximate surface area is 224 Å². The first-order chi connectivity index (χ1) is 17.4. The lowest BCUT2D eigenvalue weighted by atomic mass is 10.0. The predicted molar refractivity (Wildman–Crippen MR) is 153 cm³/mol. The Kier molecular flexibility index (Phi) is 24.4. The van der Waals surface area contributed by atoms with Gasteiger partial charge in [-0.3, -0.25) is 9.59 Å². The highest BCUT2D eigenvalue weighted by molar-refractivity contribution is 5.81. The molecule has 0 amide bonds. The first-order valence-electron chi connectivity index (χ1n) is 15.4. The molecular formula is C32H60O4. The van der Waals surface area contributed by atoms with Crippen molar-refractivity contribution in [2.45, 2.75) is 150 Å². The van der Waals surface area contributed by atoms with Gasteiger partial charge in [0.15, 0.2) is 0 Å². The SMILES string of the molecule is CCCCCCCCCCC=CC(CC(=O)OCCCCCC(C)C)C(=O)OCCCCCC(C)C. The molecule has 0 aliphatic heterocycles. The van der Waals surface area contributed by atoms with Crippen molar-refractivity contribution in [1.82, 2.24) is 0 Å². The van der Waals surface area contributed by atoms with Crippen molar-refractivity contribution < 1.29 is 19.1 Å². The summed E-state index contributed by atoms with van der Waals surface area (Å²) in [4.78, 5) is 25.1. The molecule has 36 heavy (non-hydrogen) atoms. The summed E-state index contributed by atoms with van der Waals surface area (Å²) < 4.78 is 11.0. The molecule has 0 heterocycles. The zero-order chi connectivity index (χ0) is 26.9. The predicted octanol–water partition coefficient (Wildman–Crippen LogP) is 9.60. The van der Waals surface area contributed by atoms with Crippen LogP contribution in [0, 0.1) is 17.8 Å². The fraction of sp³-hybridized carbons (Fsp3) is 0.875. The lowest BCUT2D eigenvalue weighted by molar-refractivity contribution is -0.153. The first kappa shape index (κ1) is 34.7. The minimum absolute atomic E-state index is 0.0755. The molecule has 0 rings (SSSR count). The third kappa shape index (κ3) is 24.4. The summed E-state index contributed by atoms with van der Waals surface area (Å²) >= 11 is 0. The van der Waals surface area contributed by atoms with Crippen LogP contribution < -0.4 is 0 Å². The van der Waals surface area contributed by atoms with Crippen LogP contribution in [0.3, 0.4) is 0 Å². The molecule has 1 atom stereocenters. The van der Waals surface area contributed by atoms with Gasteiger partial charge in [0.1, 0.15) is 0 Å². The van der Waals surface area contributed by atoms with Gasteiger partial charge in [-0.05, 0) is 37.5 Å². The number of carbonyl (C=O) groups excluding carboxylic acids is 2. The van der Waals surface area contributed by atoms with Crippen LogP contribution in [0.4, 0.5) is 0 Å². The van der Waals surface area contributed by atoms with Crippen molar-refractivity contribution in [2.24, 2.45) is 17.8 Å². The van der Waals surface area contributed by atoms with Gasteiger partial charge in [-0.25, -0.2) is 0 Å². The van der Waals surface area contributed by atoms with E-state index in [4.69, 9.17) is 9.47 Å². The lowest BCUT2D eigenvalue weighted by Gasteiger charge is -2.13. The van der Waals surface area contributed by atoms with Gasteiger partial charge in [-0.1, -0.05) is 130 Å². The van der Waals surface area contributed by atoms with Gasteiger partial charge in [-0.15, -0.1) is 0 Å². The van der Waals surface area contributed by atoms with Gasteiger partial charge >= 0.3 is 11.9 Å². The first-order valence-corrected chi connectivity index (χ1v) is 15.4. The van der Waals surface area contributed by atoms with Crippen molar-refractivity contribution in [1.29, 1.82) is 0 Å². The van der Waals surface area contributed by atoms with Crippen LogP contribution in [0.2, 0.25) is 0 Å². The molecule has 0 fully saturated rings. The van der Waals surface area contributed by atoms with E-state index in [0.717, 1.165) is 38.5 Å². The average molecular weight is 509 g/mol. The molecule has 0 aliphatic carbocycles. The van der Waals surface area contributed by atoms with Crippen molar-refractivity contribution in [3.63, 3.8) is 0 Å². The van der Waals surface area contributed by atoms with Gasteiger partial charge in [0, 0.05) is 0 Å². The molecular weight excluding hydrogens is 448 g/mol. The van der Waals surface area contributed by atoms with Gasteiger partial charge in [0.05, 0.1) is 25.6 Å². The minimum atomic E-state index is -0.539. The zero-order valence-electron chi connectivity index (χ0n) is 24.7. The molecule has 0 aromatic heterocycles. The van der Waals surface area contributed by atoms with E-state index >= 15 is 0 Å². The van der Waals surface area contributed by atoms with Crippen molar-refractivity contribution >= 4 is 11.9 Å². The second-order valence-electron chi connectivity index (χ2n) is 11.4. The summed E-state index contributed by atoms with van der Waals surface area (Å²) in [7, 11) is 0. The van der Waals surface area contributed by atoms with Gasteiger partial charge in [0.2, 0.25) is 0 Å². The second-order valence-corrected chi connectivity index (χ2v) is 11.4. The fourth-order valence-corrected chi connectivity index (χ4v) is 4.25. The normalized spacial score (nSPS) is 12.5. The summed E-state index contributed by atoms with van der Waals surface area (Å²) in [6.07, 6.45) is 23.9. The van der Waals surface area contributed by atoms with Crippen LogP contribution in [-0.2, 0) is 19.1 Å². The van der Waals surface area contributed by atoms with Gasteiger partial charge < -0.3 is 9.47 Å². The maximum absolute atomic E-state index is 12.7. The highest BCUT2D eigenvalue weighted by Crippen LogP contribution is 2.15. The number of carbonyl (C=O) groups is 2. The Balaban J connectivity index is 4.38. The Hall–Kier alpha value is -1.32. The van der Waals surface area contributed by atoms with Crippen LogP contribution in [0.5, 0.6) is 0 Å². The fourth-order valence-electron chi connectivity index (χ4n) is 4.25. The summed E-state index contributed by atoms with van der Waals surface area (Å²) in [5.41, 5.74) is 0. The van der Waals surface area contributed by atoms with E-state index in [0.29, 0.717) is 25.0 Å². The highest BCUT2D eigenvalue weighted by Gasteiger charge is 2.21. The summed E-state index contributed by atoms with van der Waals surface area (Å²) in [6.45, 7) is 12.0. The second kappa shape index (κ2) is 25.3. The van der Waals surface area contributed by atoms with Crippen LogP contribution in [0.1, 0.15) is 150 Å². The molecule has 0 aliphatic rings. The van der Waals surface area contributed by atoms with E-state index in [1.54, 1.807) is 0 Å². The lowest BCUT2D eigenvalue weighted by Crippen LogP contribution is -2.21. The molecule has 0 radical (unpaired) electrons. The number of rotatable bonds is 25. The van der Waals surface area contributed by atoms with Crippen molar-refractivity contribution in [3.05, 3.63) is 12.2 Å². The third-order valence-corrected chi connectivity index (χ3v) is 6.64. The largest absolute Gasteiger partial charge is 0.466 e. The molecule has 4 nitrogen and oxygen atoms in total. The Morgan fingerprint density at radius 3 is 1.69 bits per heavy atom. The molecule has 1 unspecified atom stereocenters. The smallest absolute Gasteiger partial charge is 0.313 e. The molecule has 0 aromatic rings. The van der Waals surface area contributed by atoms with E-state index in [1.165, 1.54) is 70.6 Å². The Morgan fingerprint density at radius 2 is 1.14 bits per heavy atom. The van der Waals surface area contributed by atoms with Crippen molar-refractivity contribution in [2.75, 3.05) is 13.2 Å². The molecule has 212 valence electrons. The van der Waals surface area contributed by atoms with Crippen LogP contribution in [-0.4, -0.2) is 25.2 Å². The molecule has 0 N–H and O–H groups in total.